The Labute approximate surface area is 161 Å². The Morgan fingerprint density at radius 1 is 1.36 bits per heavy atom. The predicted molar refractivity (Wildman–Crippen MR) is 98.6 cm³/mol. The fourth-order valence-electron chi connectivity index (χ4n) is 1.99. The molecule has 0 aliphatic heterocycles. The Balaban J connectivity index is 1.76. The molecule has 1 aromatic carbocycles. The van der Waals surface area contributed by atoms with Crippen molar-refractivity contribution in [1.82, 2.24) is 25.2 Å². The van der Waals surface area contributed by atoms with E-state index in [0.717, 1.165) is 14.9 Å². The molecule has 0 fully saturated rings. The van der Waals surface area contributed by atoms with Gasteiger partial charge in [-0.15, -0.1) is 5.10 Å². The average Bonchev–Trinajstić information content (AvgIpc) is 2.97. The third-order valence-corrected chi connectivity index (χ3v) is 4.97. The maximum atomic E-state index is 12.4. The molecule has 0 radical (unpaired) electrons. The van der Waals surface area contributed by atoms with Crippen molar-refractivity contribution in [2.75, 3.05) is 5.32 Å². The number of halogens is 2. The molecule has 7 nitrogen and oxygen atoms in total. The van der Waals surface area contributed by atoms with Gasteiger partial charge in [0.1, 0.15) is 5.15 Å². The van der Waals surface area contributed by atoms with Crippen LogP contribution in [0.5, 0.6) is 0 Å². The fraction of sp³-hybridized carbons (Fsp3) is 0.133. The van der Waals surface area contributed by atoms with Gasteiger partial charge in [-0.25, -0.2) is 9.67 Å². The van der Waals surface area contributed by atoms with E-state index in [1.807, 2.05) is 18.2 Å². The quantitative estimate of drug-likeness (QED) is 0.614. The Hall–Kier alpha value is -1.97. The van der Waals surface area contributed by atoms with Crippen LogP contribution >= 0.6 is 39.3 Å². The SMILES string of the molecule is Cn1nnnc1Sc1ccc(Br)cc1NC(=O)Cc1ccc(Cl)nc1. The monoisotopic (exact) mass is 438 g/mol. The third-order valence-electron chi connectivity index (χ3n) is 3.15. The van der Waals surface area contributed by atoms with Gasteiger partial charge >= 0.3 is 0 Å². The fourth-order valence-corrected chi connectivity index (χ4v) is 3.26. The second-order valence-electron chi connectivity index (χ2n) is 5.04. The molecule has 0 atom stereocenters. The molecule has 2 aromatic heterocycles. The van der Waals surface area contributed by atoms with Gasteiger partial charge in [-0.2, -0.15) is 0 Å². The van der Waals surface area contributed by atoms with Gasteiger partial charge in [0.05, 0.1) is 12.1 Å². The van der Waals surface area contributed by atoms with E-state index in [2.05, 4.69) is 41.8 Å². The number of aryl methyl sites for hydroxylation is 1. The van der Waals surface area contributed by atoms with Crippen molar-refractivity contribution in [1.29, 1.82) is 0 Å². The molecule has 3 rings (SSSR count). The molecule has 0 aliphatic rings. The lowest BCUT2D eigenvalue weighted by Gasteiger charge is -2.11. The Morgan fingerprint density at radius 3 is 2.88 bits per heavy atom. The number of hydrogen-bond acceptors (Lipinski definition) is 6. The first-order valence-corrected chi connectivity index (χ1v) is 9.10. The van der Waals surface area contributed by atoms with Gasteiger partial charge in [0.25, 0.3) is 0 Å². The van der Waals surface area contributed by atoms with Crippen LogP contribution in [-0.2, 0) is 18.3 Å². The largest absolute Gasteiger partial charge is 0.325 e. The zero-order valence-electron chi connectivity index (χ0n) is 13.0. The van der Waals surface area contributed by atoms with E-state index < -0.39 is 0 Å². The van der Waals surface area contributed by atoms with Gasteiger partial charge in [0.15, 0.2) is 0 Å². The van der Waals surface area contributed by atoms with Crippen molar-refractivity contribution in [3.8, 4) is 0 Å². The molecule has 25 heavy (non-hydrogen) atoms. The lowest BCUT2D eigenvalue weighted by Crippen LogP contribution is -2.15. The number of rotatable bonds is 5. The van der Waals surface area contributed by atoms with Crippen molar-refractivity contribution in [3.63, 3.8) is 0 Å². The number of amides is 1. The number of benzene rings is 1. The van der Waals surface area contributed by atoms with E-state index in [0.29, 0.717) is 16.0 Å². The van der Waals surface area contributed by atoms with Crippen LogP contribution in [0.1, 0.15) is 5.56 Å². The van der Waals surface area contributed by atoms with Crippen LogP contribution in [-0.4, -0.2) is 31.1 Å². The number of carbonyl (C=O) groups excluding carboxylic acids is 1. The first kappa shape index (κ1) is 17.8. The van der Waals surface area contributed by atoms with E-state index in [-0.39, 0.29) is 12.3 Å². The number of pyridine rings is 1. The van der Waals surface area contributed by atoms with Crippen LogP contribution in [0, 0.1) is 0 Å². The molecule has 2 heterocycles. The Bertz CT molecular complexity index is 901. The van der Waals surface area contributed by atoms with E-state index in [9.17, 15) is 4.79 Å². The molecule has 0 unspecified atom stereocenters. The van der Waals surface area contributed by atoms with Crippen molar-refractivity contribution in [2.45, 2.75) is 16.5 Å². The Kier molecular flexibility index (Phi) is 5.67. The summed E-state index contributed by atoms with van der Waals surface area (Å²) < 4.78 is 2.42. The highest BCUT2D eigenvalue weighted by Crippen LogP contribution is 2.33. The highest BCUT2D eigenvalue weighted by molar-refractivity contribution is 9.10. The number of tetrazole rings is 1. The van der Waals surface area contributed by atoms with Gasteiger partial charge < -0.3 is 5.32 Å². The minimum absolute atomic E-state index is 0.153. The molecule has 0 saturated heterocycles. The van der Waals surface area contributed by atoms with Gasteiger partial charge in [-0.05, 0) is 52.0 Å². The molecular formula is C15H12BrClN6OS. The highest BCUT2D eigenvalue weighted by atomic mass is 79.9. The standard InChI is InChI=1S/C15H12BrClN6OS/c1-23-15(20-21-22-23)25-12-4-3-10(16)7-11(12)19-14(24)6-9-2-5-13(17)18-8-9/h2-5,7-8H,6H2,1H3,(H,19,24). The molecule has 0 spiro atoms. The molecule has 10 heteroatoms. The lowest BCUT2D eigenvalue weighted by molar-refractivity contribution is -0.115. The summed E-state index contributed by atoms with van der Waals surface area (Å²) in [6.07, 6.45) is 1.79. The summed E-state index contributed by atoms with van der Waals surface area (Å²) in [6.45, 7) is 0. The predicted octanol–water partition coefficient (Wildman–Crippen LogP) is 3.35. The normalized spacial score (nSPS) is 10.7. The molecule has 1 amide bonds. The molecule has 0 saturated carbocycles. The summed E-state index contributed by atoms with van der Waals surface area (Å²) in [4.78, 5) is 17.2. The number of hydrogen-bond donors (Lipinski definition) is 1. The van der Waals surface area contributed by atoms with E-state index in [4.69, 9.17) is 11.6 Å². The van der Waals surface area contributed by atoms with Crippen molar-refractivity contribution >= 4 is 50.9 Å². The van der Waals surface area contributed by atoms with Crippen LogP contribution < -0.4 is 5.32 Å². The molecule has 128 valence electrons. The molecule has 3 aromatic rings. The van der Waals surface area contributed by atoms with Crippen LogP contribution in [0.3, 0.4) is 0 Å². The van der Waals surface area contributed by atoms with Crippen molar-refractivity contribution in [2.24, 2.45) is 7.05 Å². The van der Waals surface area contributed by atoms with E-state index in [1.165, 1.54) is 11.8 Å². The highest BCUT2D eigenvalue weighted by Gasteiger charge is 2.13. The van der Waals surface area contributed by atoms with Crippen molar-refractivity contribution < 1.29 is 4.79 Å². The smallest absolute Gasteiger partial charge is 0.228 e. The summed E-state index contributed by atoms with van der Waals surface area (Å²) in [5, 5.41) is 15.3. The first-order chi connectivity index (χ1) is 12.0. The number of carbonyl (C=O) groups is 1. The maximum absolute atomic E-state index is 12.4. The zero-order chi connectivity index (χ0) is 17.8. The van der Waals surface area contributed by atoms with Crippen LogP contribution in [0.4, 0.5) is 5.69 Å². The van der Waals surface area contributed by atoms with Crippen LogP contribution in [0.25, 0.3) is 0 Å². The minimum Gasteiger partial charge on any atom is -0.325 e. The number of nitrogens with one attached hydrogen (secondary N) is 1. The lowest BCUT2D eigenvalue weighted by atomic mass is 10.2. The maximum Gasteiger partial charge on any atom is 0.228 e. The number of nitrogens with zero attached hydrogens (tertiary/aromatic N) is 5. The van der Waals surface area contributed by atoms with E-state index >= 15 is 0 Å². The zero-order valence-corrected chi connectivity index (χ0v) is 16.1. The summed E-state index contributed by atoms with van der Waals surface area (Å²) in [5.41, 5.74) is 1.46. The second kappa shape index (κ2) is 7.94. The average molecular weight is 440 g/mol. The molecule has 0 aliphatic carbocycles. The second-order valence-corrected chi connectivity index (χ2v) is 7.35. The first-order valence-electron chi connectivity index (χ1n) is 7.11. The van der Waals surface area contributed by atoms with Gasteiger partial charge in [-0.1, -0.05) is 33.6 Å². The van der Waals surface area contributed by atoms with Crippen molar-refractivity contribution in [3.05, 3.63) is 51.7 Å². The third kappa shape index (κ3) is 4.77. The molecule has 1 N–H and O–H groups in total. The minimum atomic E-state index is -0.153. The molecule has 0 bridgehead atoms. The molecular weight excluding hydrogens is 428 g/mol. The summed E-state index contributed by atoms with van der Waals surface area (Å²) >= 11 is 10.5. The van der Waals surface area contributed by atoms with Gasteiger partial charge in [-0.3, -0.25) is 4.79 Å². The number of aromatic nitrogens is 5. The van der Waals surface area contributed by atoms with E-state index in [1.54, 1.807) is 30.1 Å². The van der Waals surface area contributed by atoms with Crippen LogP contribution in [0.15, 0.2) is 51.1 Å². The van der Waals surface area contributed by atoms with Gasteiger partial charge in [0, 0.05) is 22.6 Å². The van der Waals surface area contributed by atoms with Gasteiger partial charge in [0.2, 0.25) is 11.1 Å². The topological polar surface area (TPSA) is 85.6 Å². The van der Waals surface area contributed by atoms with Crippen LogP contribution in [0.2, 0.25) is 5.15 Å². The number of anilines is 1. The summed E-state index contributed by atoms with van der Waals surface area (Å²) in [6, 6.07) is 9.06. The summed E-state index contributed by atoms with van der Waals surface area (Å²) in [7, 11) is 1.76. The Morgan fingerprint density at radius 2 is 2.20 bits per heavy atom. The summed E-state index contributed by atoms with van der Waals surface area (Å²) in [5.74, 6) is -0.153.